The smallest absolute Gasteiger partial charge is 0.312 e. The number of aliphatic carboxylic acids is 1. The Labute approximate surface area is 82.2 Å². The molecule has 1 N–H and O–H groups in total. The number of carboxylic acid groups (broad SMARTS) is 1. The van der Waals surface area contributed by atoms with Gasteiger partial charge in [0.2, 0.25) is 0 Å². The summed E-state index contributed by atoms with van der Waals surface area (Å²) < 4.78 is 5.15. The van der Waals surface area contributed by atoms with Crippen LogP contribution < -0.4 is 0 Å². The molecule has 2 fully saturated rings. The standard InChI is InChI=1S/C10H14O4/c1-10(2)6-4-3-5(8(11)12)7(6)14-9(10)13/h5-7H,3-4H2,1-2H3,(H,11,12). The topological polar surface area (TPSA) is 63.6 Å². The second-order valence-corrected chi connectivity index (χ2v) is 4.72. The maximum absolute atomic E-state index is 11.5. The van der Waals surface area contributed by atoms with Gasteiger partial charge < -0.3 is 9.84 Å². The van der Waals surface area contributed by atoms with E-state index in [0.29, 0.717) is 6.42 Å². The quantitative estimate of drug-likeness (QED) is 0.639. The van der Waals surface area contributed by atoms with Gasteiger partial charge in [0.05, 0.1) is 11.3 Å². The molecule has 0 aromatic carbocycles. The van der Waals surface area contributed by atoms with Crippen LogP contribution in [0.4, 0.5) is 0 Å². The predicted octanol–water partition coefficient (Wildman–Crippen LogP) is 1.05. The van der Waals surface area contributed by atoms with E-state index in [0.717, 1.165) is 6.42 Å². The van der Waals surface area contributed by atoms with Crippen molar-refractivity contribution in [3.05, 3.63) is 0 Å². The van der Waals surface area contributed by atoms with Crippen LogP contribution in [-0.4, -0.2) is 23.1 Å². The Morgan fingerprint density at radius 2 is 2.14 bits per heavy atom. The third-order valence-electron chi connectivity index (χ3n) is 3.60. The fourth-order valence-corrected chi connectivity index (χ4v) is 2.59. The normalized spacial score (nSPS) is 39.3. The first-order valence-electron chi connectivity index (χ1n) is 4.88. The van der Waals surface area contributed by atoms with Crippen LogP contribution in [-0.2, 0) is 14.3 Å². The highest BCUT2D eigenvalue weighted by Gasteiger charge is 2.58. The van der Waals surface area contributed by atoms with Gasteiger partial charge in [-0.15, -0.1) is 0 Å². The van der Waals surface area contributed by atoms with Crippen LogP contribution in [0.25, 0.3) is 0 Å². The second-order valence-electron chi connectivity index (χ2n) is 4.72. The van der Waals surface area contributed by atoms with E-state index in [1.165, 1.54) is 0 Å². The van der Waals surface area contributed by atoms with Gasteiger partial charge in [0.15, 0.2) is 0 Å². The monoisotopic (exact) mass is 198 g/mol. The van der Waals surface area contributed by atoms with Crippen molar-refractivity contribution in [2.75, 3.05) is 0 Å². The molecule has 1 aliphatic heterocycles. The Morgan fingerprint density at radius 1 is 1.50 bits per heavy atom. The van der Waals surface area contributed by atoms with Crippen molar-refractivity contribution >= 4 is 11.9 Å². The number of carbonyl (C=O) groups excluding carboxylic acids is 1. The van der Waals surface area contributed by atoms with Crippen LogP contribution in [0.15, 0.2) is 0 Å². The zero-order valence-corrected chi connectivity index (χ0v) is 8.32. The molecule has 0 amide bonds. The van der Waals surface area contributed by atoms with Crippen molar-refractivity contribution in [3.63, 3.8) is 0 Å². The molecule has 0 bridgehead atoms. The number of carbonyl (C=O) groups is 2. The second kappa shape index (κ2) is 2.72. The molecular formula is C10H14O4. The number of rotatable bonds is 1. The maximum Gasteiger partial charge on any atom is 0.312 e. The minimum atomic E-state index is -0.844. The molecule has 0 spiro atoms. The first kappa shape index (κ1) is 9.49. The number of carboxylic acids is 1. The first-order valence-corrected chi connectivity index (χ1v) is 4.88. The van der Waals surface area contributed by atoms with E-state index in [9.17, 15) is 9.59 Å². The van der Waals surface area contributed by atoms with E-state index in [2.05, 4.69) is 0 Å². The Bertz CT molecular complexity index is 294. The highest BCUT2D eigenvalue weighted by molar-refractivity contribution is 5.81. The number of esters is 1. The van der Waals surface area contributed by atoms with Crippen molar-refractivity contribution in [2.24, 2.45) is 17.3 Å². The van der Waals surface area contributed by atoms with Gasteiger partial charge in [-0.25, -0.2) is 0 Å². The molecule has 78 valence electrons. The Balaban J connectivity index is 2.25. The molecule has 0 aromatic heterocycles. The molecule has 1 saturated carbocycles. The average Bonchev–Trinajstić information content (AvgIpc) is 2.55. The van der Waals surface area contributed by atoms with Gasteiger partial charge in [0, 0.05) is 5.92 Å². The first-order chi connectivity index (χ1) is 6.44. The minimum Gasteiger partial charge on any atom is -0.481 e. The summed E-state index contributed by atoms with van der Waals surface area (Å²) in [5.74, 6) is -1.51. The zero-order chi connectivity index (χ0) is 10.5. The SMILES string of the molecule is CC1(C)C(=O)OC2C(C(=O)O)CCC21. The Hall–Kier alpha value is -1.06. The van der Waals surface area contributed by atoms with Gasteiger partial charge in [0.25, 0.3) is 0 Å². The van der Waals surface area contributed by atoms with Crippen LogP contribution in [0.3, 0.4) is 0 Å². The lowest BCUT2D eigenvalue weighted by Crippen LogP contribution is -2.28. The van der Waals surface area contributed by atoms with E-state index in [4.69, 9.17) is 9.84 Å². The Morgan fingerprint density at radius 3 is 2.71 bits per heavy atom. The van der Waals surface area contributed by atoms with E-state index in [1.807, 2.05) is 13.8 Å². The van der Waals surface area contributed by atoms with Gasteiger partial charge in [-0.2, -0.15) is 0 Å². The summed E-state index contributed by atoms with van der Waals surface area (Å²) in [4.78, 5) is 22.3. The van der Waals surface area contributed by atoms with E-state index in [1.54, 1.807) is 0 Å². The molecule has 0 aromatic rings. The number of hydrogen-bond donors (Lipinski definition) is 1. The van der Waals surface area contributed by atoms with Gasteiger partial charge >= 0.3 is 11.9 Å². The molecule has 4 heteroatoms. The molecule has 2 rings (SSSR count). The summed E-state index contributed by atoms with van der Waals surface area (Å²) in [6, 6.07) is 0. The number of fused-ring (bicyclic) bond motifs is 1. The van der Waals surface area contributed by atoms with Crippen LogP contribution in [0.5, 0.6) is 0 Å². The maximum atomic E-state index is 11.5. The van der Waals surface area contributed by atoms with Crippen LogP contribution >= 0.6 is 0 Å². The molecule has 14 heavy (non-hydrogen) atoms. The molecule has 1 saturated heterocycles. The number of ether oxygens (including phenoxy) is 1. The van der Waals surface area contributed by atoms with Crippen LogP contribution in [0.1, 0.15) is 26.7 Å². The highest BCUT2D eigenvalue weighted by Crippen LogP contribution is 2.50. The molecular weight excluding hydrogens is 184 g/mol. The fourth-order valence-electron chi connectivity index (χ4n) is 2.59. The zero-order valence-electron chi connectivity index (χ0n) is 8.32. The summed E-state index contributed by atoms with van der Waals surface area (Å²) >= 11 is 0. The molecule has 2 aliphatic rings. The third-order valence-corrected chi connectivity index (χ3v) is 3.60. The molecule has 1 heterocycles. The third kappa shape index (κ3) is 1.06. The lowest BCUT2D eigenvalue weighted by molar-refractivity contribution is -0.153. The highest BCUT2D eigenvalue weighted by atomic mass is 16.6. The van der Waals surface area contributed by atoms with Gasteiger partial charge in [-0.3, -0.25) is 9.59 Å². The lowest BCUT2D eigenvalue weighted by Gasteiger charge is -2.19. The van der Waals surface area contributed by atoms with E-state index in [-0.39, 0.29) is 11.9 Å². The molecule has 1 aliphatic carbocycles. The summed E-state index contributed by atoms with van der Waals surface area (Å²) in [6.07, 6.45) is 1.01. The number of hydrogen-bond acceptors (Lipinski definition) is 3. The van der Waals surface area contributed by atoms with Gasteiger partial charge in [-0.05, 0) is 26.7 Å². The minimum absolute atomic E-state index is 0.0797. The van der Waals surface area contributed by atoms with Gasteiger partial charge in [0.1, 0.15) is 6.10 Å². The molecule has 3 unspecified atom stereocenters. The largest absolute Gasteiger partial charge is 0.481 e. The summed E-state index contributed by atoms with van der Waals surface area (Å²) in [5.41, 5.74) is -0.505. The summed E-state index contributed by atoms with van der Waals surface area (Å²) in [7, 11) is 0. The van der Waals surface area contributed by atoms with Crippen LogP contribution in [0, 0.1) is 17.3 Å². The van der Waals surface area contributed by atoms with Crippen molar-refractivity contribution in [3.8, 4) is 0 Å². The lowest BCUT2D eigenvalue weighted by atomic mass is 9.79. The van der Waals surface area contributed by atoms with Crippen molar-refractivity contribution in [2.45, 2.75) is 32.8 Å². The van der Waals surface area contributed by atoms with E-state index >= 15 is 0 Å². The van der Waals surface area contributed by atoms with Crippen LogP contribution in [0.2, 0.25) is 0 Å². The molecule has 3 atom stereocenters. The van der Waals surface area contributed by atoms with Crippen molar-refractivity contribution < 1.29 is 19.4 Å². The van der Waals surface area contributed by atoms with E-state index < -0.39 is 23.4 Å². The van der Waals surface area contributed by atoms with Crippen molar-refractivity contribution in [1.29, 1.82) is 0 Å². The molecule has 4 nitrogen and oxygen atoms in total. The fraction of sp³-hybridized carbons (Fsp3) is 0.800. The summed E-state index contributed by atoms with van der Waals surface area (Å²) in [5, 5.41) is 8.93. The average molecular weight is 198 g/mol. The summed E-state index contributed by atoms with van der Waals surface area (Å²) in [6.45, 7) is 3.68. The van der Waals surface area contributed by atoms with Crippen molar-refractivity contribution in [1.82, 2.24) is 0 Å². The van der Waals surface area contributed by atoms with Gasteiger partial charge in [-0.1, -0.05) is 0 Å². The Kier molecular flexibility index (Phi) is 1.84. The molecule has 0 radical (unpaired) electrons. The predicted molar refractivity (Wildman–Crippen MR) is 47.5 cm³/mol.